The Balaban J connectivity index is 2.16. The van der Waals surface area contributed by atoms with Gasteiger partial charge < -0.3 is 5.11 Å². The first-order valence-electron chi connectivity index (χ1n) is 5.44. The number of benzene rings is 2. The van der Waals surface area contributed by atoms with E-state index in [4.69, 9.17) is 0 Å². The largest absolute Gasteiger partial charge is 0.388 e. The summed E-state index contributed by atoms with van der Waals surface area (Å²) in [5.41, 5.74) is 1.14. The van der Waals surface area contributed by atoms with E-state index in [1.807, 2.05) is 0 Å². The second-order valence-electron chi connectivity index (χ2n) is 4.02. The Hall–Kier alpha value is -1.26. The summed E-state index contributed by atoms with van der Waals surface area (Å²) in [6.07, 6.45) is -0.604. The fourth-order valence-electron chi connectivity index (χ4n) is 1.72. The van der Waals surface area contributed by atoms with E-state index in [0.717, 1.165) is 0 Å². The Morgan fingerprint density at radius 2 is 1.89 bits per heavy atom. The van der Waals surface area contributed by atoms with E-state index in [-0.39, 0.29) is 12.2 Å². The van der Waals surface area contributed by atoms with Crippen molar-refractivity contribution in [2.75, 3.05) is 0 Å². The van der Waals surface area contributed by atoms with Crippen molar-refractivity contribution in [2.24, 2.45) is 0 Å². The molecule has 0 heterocycles. The van der Waals surface area contributed by atoms with Crippen LogP contribution in [0.5, 0.6) is 0 Å². The third-order valence-corrected chi connectivity index (χ3v) is 3.29. The van der Waals surface area contributed by atoms with Gasteiger partial charge in [-0.2, -0.15) is 0 Å². The normalized spacial score (nSPS) is 12.4. The monoisotopic (exact) mass is 312 g/mol. The molecular weight excluding hydrogens is 302 g/mol. The Morgan fingerprint density at radius 3 is 2.56 bits per heavy atom. The lowest BCUT2D eigenvalue weighted by atomic mass is 10.0. The predicted molar refractivity (Wildman–Crippen MR) is 69.2 cm³/mol. The van der Waals surface area contributed by atoms with Crippen molar-refractivity contribution < 1.29 is 13.9 Å². The number of aliphatic hydroxyl groups is 1. The molecule has 4 heteroatoms. The zero-order valence-electron chi connectivity index (χ0n) is 9.41. The van der Waals surface area contributed by atoms with Crippen LogP contribution in [0.4, 0.5) is 8.78 Å². The smallest absolute Gasteiger partial charge is 0.137 e. The lowest BCUT2D eigenvalue weighted by Gasteiger charge is -2.11. The Bertz CT molecular complexity index is 557. The Kier molecular flexibility index (Phi) is 4.09. The first kappa shape index (κ1) is 13.2. The maximum absolute atomic E-state index is 13.3. The number of aliphatic hydroxyl groups excluding tert-OH is 1. The molecular formula is C14H11BrF2O. The van der Waals surface area contributed by atoms with E-state index in [9.17, 15) is 13.9 Å². The average Bonchev–Trinajstić information content (AvgIpc) is 2.32. The lowest BCUT2D eigenvalue weighted by Crippen LogP contribution is -2.02. The molecule has 1 nitrogen and oxygen atoms in total. The molecule has 0 aliphatic carbocycles. The SMILES string of the molecule is OC(Cc1cccc(F)c1)c1ccc(Br)c(F)c1. The summed E-state index contributed by atoms with van der Waals surface area (Å²) in [5, 5.41) is 9.98. The van der Waals surface area contributed by atoms with Crippen molar-refractivity contribution in [2.45, 2.75) is 12.5 Å². The van der Waals surface area contributed by atoms with Crippen LogP contribution < -0.4 is 0 Å². The molecule has 0 bridgehead atoms. The van der Waals surface area contributed by atoms with Gasteiger partial charge in [-0.3, -0.25) is 0 Å². The van der Waals surface area contributed by atoms with Crippen LogP contribution in [0.2, 0.25) is 0 Å². The highest BCUT2D eigenvalue weighted by Gasteiger charge is 2.11. The highest BCUT2D eigenvalue weighted by Crippen LogP contribution is 2.23. The van der Waals surface area contributed by atoms with Gasteiger partial charge in [0, 0.05) is 6.42 Å². The van der Waals surface area contributed by atoms with E-state index in [0.29, 0.717) is 15.6 Å². The third kappa shape index (κ3) is 3.15. The molecule has 2 aromatic carbocycles. The number of rotatable bonds is 3. The minimum absolute atomic E-state index is 0.249. The van der Waals surface area contributed by atoms with Gasteiger partial charge in [0.25, 0.3) is 0 Å². The maximum Gasteiger partial charge on any atom is 0.137 e. The molecule has 0 saturated carbocycles. The summed E-state index contributed by atoms with van der Waals surface area (Å²) in [6, 6.07) is 10.5. The molecule has 18 heavy (non-hydrogen) atoms. The molecule has 2 rings (SSSR count). The van der Waals surface area contributed by atoms with Crippen LogP contribution in [0.25, 0.3) is 0 Å². The average molecular weight is 313 g/mol. The Morgan fingerprint density at radius 1 is 1.11 bits per heavy atom. The third-order valence-electron chi connectivity index (χ3n) is 2.65. The summed E-state index contributed by atoms with van der Waals surface area (Å²) in [6.45, 7) is 0. The molecule has 0 spiro atoms. The van der Waals surface area contributed by atoms with E-state index in [2.05, 4.69) is 15.9 Å². The van der Waals surface area contributed by atoms with E-state index in [1.165, 1.54) is 18.2 Å². The molecule has 94 valence electrons. The molecule has 0 aliphatic rings. The van der Waals surface area contributed by atoms with Crippen LogP contribution in [0.15, 0.2) is 46.9 Å². The molecule has 1 N–H and O–H groups in total. The van der Waals surface area contributed by atoms with Gasteiger partial charge in [0.1, 0.15) is 11.6 Å². The van der Waals surface area contributed by atoms with Crippen LogP contribution >= 0.6 is 15.9 Å². The summed E-state index contributed by atoms with van der Waals surface area (Å²) in [7, 11) is 0. The first-order valence-corrected chi connectivity index (χ1v) is 6.23. The highest BCUT2D eigenvalue weighted by molar-refractivity contribution is 9.10. The van der Waals surface area contributed by atoms with Crippen molar-refractivity contribution >= 4 is 15.9 Å². The lowest BCUT2D eigenvalue weighted by molar-refractivity contribution is 0.178. The van der Waals surface area contributed by atoms with E-state index in [1.54, 1.807) is 24.3 Å². The summed E-state index contributed by atoms with van der Waals surface area (Å²) < 4.78 is 26.7. The van der Waals surface area contributed by atoms with Crippen molar-refractivity contribution in [3.8, 4) is 0 Å². The zero-order chi connectivity index (χ0) is 13.1. The topological polar surface area (TPSA) is 20.2 Å². The van der Waals surface area contributed by atoms with Gasteiger partial charge in [0.05, 0.1) is 10.6 Å². The standard InChI is InChI=1S/C14H11BrF2O/c15-12-5-4-10(8-13(12)17)14(18)7-9-2-1-3-11(16)6-9/h1-6,8,14,18H,7H2. The minimum atomic E-state index is -0.852. The fourth-order valence-corrected chi connectivity index (χ4v) is 1.97. The first-order chi connectivity index (χ1) is 8.56. The van der Waals surface area contributed by atoms with Crippen molar-refractivity contribution in [1.29, 1.82) is 0 Å². The highest BCUT2D eigenvalue weighted by atomic mass is 79.9. The van der Waals surface area contributed by atoms with Crippen LogP contribution in [-0.2, 0) is 6.42 Å². The van der Waals surface area contributed by atoms with E-state index >= 15 is 0 Å². The molecule has 0 fully saturated rings. The number of hydrogen-bond donors (Lipinski definition) is 1. The van der Waals surface area contributed by atoms with Crippen molar-refractivity contribution in [3.05, 3.63) is 69.7 Å². The molecule has 0 radical (unpaired) electrons. The van der Waals surface area contributed by atoms with Crippen molar-refractivity contribution in [1.82, 2.24) is 0 Å². The molecule has 0 saturated heterocycles. The van der Waals surface area contributed by atoms with Gasteiger partial charge in [-0.25, -0.2) is 8.78 Å². The second-order valence-corrected chi connectivity index (χ2v) is 4.88. The summed E-state index contributed by atoms with van der Waals surface area (Å²) >= 11 is 3.05. The van der Waals surface area contributed by atoms with Gasteiger partial charge in [-0.05, 0) is 51.3 Å². The minimum Gasteiger partial charge on any atom is -0.388 e. The molecule has 0 amide bonds. The fraction of sp³-hybridized carbons (Fsp3) is 0.143. The number of hydrogen-bond acceptors (Lipinski definition) is 1. The molecule has 2 aromatic rings. The Labute approximate surface area is 112 Å². The van der Waals surface area contributed by atoms with Crippen LogP contribution in [0.3, 0.4) is 0 Å². The zero-order valence-corrected chi connectivity index (χ0v) is 11.0. The van der Waals surface area contributed by atoms with Gasteiger partial charge in [-0.15, -0.1) is 0 Å². The number of halogens is 3. The van der Waals surface area contributed by atoms with Crippen LogP contribution in [0, 0.1) is 11.6 Å². The van der Waals surface area contributed by atoms with Gasteiger partial charge in [-0.1, -0.05) is 18.2 Å². The van der Waals surface area contributed by atoms with Crippen molar-refractivity contribution in [3.63, 3.8) is 0 Å². The van der Waals surface area contributed by atoms with Gasteiger partial charge >= 0.3 is 0 Å². The molecule has 0 aromatic heterocycles. The van der Waals surface area contributed by atoms with Crippen LogP contribution in [0.1, 0.15) is 17.2 Å². The quantitative estimate of drug-likeness (QED) is 0.908. The molecule has 0 aliphatic heterocycles. The summed E-state index contributed by atoms with van der Waals surface area (Å²) in [5.74, 6) is -0.771. The van der Waals surface area contributed by atoms with E-state index < -0.39 is 11.9 Å². The van der Waals surface area contributed by atoms with Gasteiger partial charge in [0.15, 0.2) is 0 Å². The molecule has 1 unspecified atom stereocenters. The summed E-state index contributed by atoms with van der Waals surface area (Å²) in [4.78, 5) is 0. The van der Waals surface area contributed by atoms with Gasteiger partial charge in [0.2, 0.25) is 0 Å². The van der Waals surface area contributed by atoms with Crippen LogP contribution in [-0.4, -0.2) is 5.11 Å². The molecule has 1 atom stereocenters. The predicted octanol–water partition coefficient (Wildman–Crippen LogP) is 4.00. The maximum atomic E-state index is 13.3. The second kappa shape index (κ2) is 5.59.